The van der Waals surface area contributed by atoms with Crippen molar-refractivity contribution < 1.29 is 30.9 Å². The highest BCUT2D eigenvalue weighted by Crippen LogP contribution is 2.35. The van der Waals surface area contributed by atoms with E-state index in [1.165, 1.54) is 0 Å². The van der Waals surface area contributed by atoms with E-state index >= 15 is 0 Å². The van der Waals surface area contributed by atoms with Gasteiger partial charge >= 0.3 is 6.18 Å². The third-order valence-corrected chi connectivity index (χ3v) is 1.55. The molecule has 0 aliphatic carbocycles. The molecule has 0 radical (unpaired) electrons. The Kier molecular flexibility index (Phi) is 2.78. The fraction of sp³-hybridized carbons (Fsp3) is 0.143. The molecule has 1 rings (SSSR count). The third-order valence-electron chi connectivity index (χ3n) is 1.55. The lowest BCUT2D eigenvalue weighted by Gasteiger charge is -2.10. The van der Waals surface area contributed by atoms with Crippen LogP contribution in [0.25, 0.3) is 0 Å². The molecule has 0 fully saturated rings. The molecule has 8 heteroatoms. The molecule has 0 saturated carbocycles. The van der Waals surface area contributed by atoms with Crippen molar-refractivity contribution in [1.82, 2.24) is 0 Å². The molecule has 0 spiro atoms. The molecule has 0 aliphatic rings. The van der Waals surface area contributed by atoms with Gasteiger partial charge in [-0.05, 0) is 17.5 Å². The molecule has 15 heavy (non-hydrogen) atoms. The van der Waals surface area contributed by atoms with E-state index < -0.39 is 34.4 Å². The van der Waals surface area contributed by atoms with Gasteiger partial charge in [0.15, 0.2) is 11.6 Å². The minimum absolute atomic E-state index is 0.0416. The quantitative estimate of drug-likeness (QED) is 0.529. The highest BCUT2D eigenvalue weighted by Gasteiger charge is 2.36. The molecule has 0 aliphatic heterocycles. The SMILES string of the molecule is Fc1c(N(F)F)ccc(C(F)(F)F)c1F. The van der Waals surface area contributed by atoms with Crippen LogP contribution in [0.2, 0.25) is 0 Å². The number of hydrogen-bond donors (Lipinski definition) is 0. The number of benzene rings is 1. The van der Waals surface area contributed by atoms with Crippen LogP contribution in [-0.4, -0.2) is 0 Å². The molecular formula is C7H2F7N. The Morgan fingerprint density at radius 3 is 1.87 bits per heavy atom. The van der Waals surface area contributed by atoms with Gasteiger partial charge in [0.2, 0.25) is 0 Å². The average molecular weight is 233 g/mol. The van der Waals surface area contributed by atoms with Crippen molar-refractivity contribution in [2.24, 2.45) is 0 Å². The van der Waals surface area contributed by atoms with Crippen molar-refractivity contribution in [2.45, 2.75) is 6.18 Å². The van der Waals surface area contributed by atoms with Gasteiger partial charge in [-0.3, -0.25) is 0 Å². The fourth-order valence-electron chi connectivity index (χ4n) is 0.889. The first-order valence-electron chi connectivity index (χ1n) is 3.42. The number of rotatable bonds is 1. The molecular weight excluding hydrogens is 231 g/mol. The highest BCUT2D eigenvalue weighted by molar-refractivity contribution is 5.46. The Morgan fingerprint density at radius 1 is 0.933 bits per heavy atom. The van der Waals surface area contributed by atoms with Crippen LogP contribution in [0.4, 0.5) is 36.6 Å². The summed E-state index contributed by atoms with van der Waals surface area (Å²) in [5.41, 5.74) is -3.48. The largest absolute Gasteiger partial charge is 0.419 e. The Labute approximate surface area is 78.6 Å². The monoisotopic (exact) mass is 233 g/mol. The lowest BCUT2D eigenvalue weighted by atomic mass is 10.2. The number of nitrogens with zero attached hydrogens (tertiary/aromatic N) is 1. The standard InChI is InChI=1S/C7H2F7N/c8-5-3(7(10,11)12)1-2-4(6(5)9)15(13)14/h1-2H. The van der Waals surface area contributed by atoms with E-state index in [4.69, 9.17) is 0 Å². The molecule has 0 atom stereocenters. The van der Waals surface area contributed by atoms with Gasteiger partial charge in [-0.1, -0.05) is 8.96 Å². The Balaban J connectivity index is 3.34. The second-order valence-electron chi connectivity index (χ2n) is 2.49. The molecule has 0 amide bonds. The summed E-state index contributed by atoms with van der Waals surface area (Å²) in [6.45, 7) is 0. The molecule has 0 saturated heterocycles. The molecule has 0 aromatic heterocycles. The van der Waals surface area contributed by atoms with Gasteiger partial charge in [-0.25, -0.2) is 8.78 Å². The molecule has 84 valence electrons. The fourth-order valence-corrected chi connectivity index (χ4v) is 0.889. The summed E-state index contributed by atoms with van der Waals surface area (Å²) < 4.78 is 84.7. The van der Waals surface area contributed by atoms with Crippen LogP contribution >= 0.6 is 0 Å². The molecule has 0 unspecified atom stereocenters. The molecule has 1 aromatic rings. The summed E-state index contributed by atoms with van der Waals surface area (Å²) in [6, 6.07) is 0.182. The van der Waals surface area contributed by atoms with Gasteiger partial charge in [-0.2, -0.15) is 13.2 Å². The maximum atomic E-state index is 12.7. The van der Waals surface area contributed by atoms with Crippen LogP contribution in [0.1, 0.15) is 5.56 Å². The number of anilines is 1. The van der Waals surface area contributed by atoms with Crippen LogP contribution in [-0.2, 0) is 6.18 Å². The van der Waals surface area contributed by atoms with Crippen molar-refractivity contribution in [3.8, 4) is 0 Å². The molecule has 0 N–H and O–H groups in total. The lowest BCUT2D eigenvalue weighted by Crippen LogP contribution is -2.11. The van der Waals surface area contributed by atoms with Gasteiger partial charge in [-0.15, -0.1) is 0 Å². The van der Waals surface area contributed by atoms with Crippen molar-refractivity contribution >= 4 is 5.69 Å². The Hall–Kier alpha value is -1.47. The van der Waals surface area contributed by atoms with Crippen molar-refractivity contribution in [3.05, 3.63) is 29.3 Å². The van der Waals surface area contributed by atoms with Crippen molar-refractivity contribution in [1.29, 1.82) is 0 Å². The smallest absolute Gasteiger partial charge is 0.203 e. The van der Waals surface area contributed by atoms with E-state index in [0.29, 0.717) is 0 Å². The van der Waals surface area contributed by atoms with Gasteiger partial charge in [0, 0.05) is 0 Å². The van der Waals surface area contributed by atoms with E-state index in [1.54, 1.807) is 0 Å². The van der Waals surface area contributed by atoms with E-state index in [-0.39, 0.29) is 12.1 Å². The van der Waals surface area contributed by atoms with Crippen LogP contribution in [0, 0.1) is 11.6 Å². The zero-order valence-electron chi connectivity index (χ0n) is 6.75. The molecule has 0 heterocycles. The number of hydrogen-bond acceptors (Lipinski definition) is 1. The van der Waals surface area contributed by atoms with Crippen LogP contribution in [0.15, 0.2) is 12.1 Å². The van der Waals surface area contributed by atoms with Crippen LogP contribution in [0.3, 0.4) is 0 Å². The normalized spacial score (nSPS) is 11.7. The van der Waals surface area contributed by atoms with Crippen molar-refractivity contribution in [2.75, 3.05) is 5.34 Å². The Morgan fingerprint density at radius 2 is 1.47 bits per heavy atom. The van der Waals surface area contributed by atoms with Crippen LogP contribution < -0.4 is 5.34 Å². The summed E-state index contributed by atoms with van der Waals surface area (Å²) in [5.74, 6) is -4.59. The topological polar surface area (TPSA) is 3.24 Å². The summed E-state index contributed by atoms with van der Waals surface area (Å²) >= 11 is 0. The maximum absolute atomic E-state index is 12.7. The number of alkyl halides is 3. The van der Waals surface area contributed by atoms with Gasteiger partial charge in [0.05, 0.1) is 5.56 Å². The van der Waals surface area contributed by atoms with E-state index in [1.807, 2.05) is 0 Å². The molecule has 1 aromatic carbocycles. The maximum Gasteiger partial charge on any atom is 0.419 e. The summed E-state index contributed by atoms with van der Waals surface area (Å²) in [5, 5.41) is -1.81. The minimum Gasteiger partial charge on any atom is -0.203 e. The lowest BCUT2D eigenvalue weighted by molar-refractivity contribution is -0.140. The predicted molar refractivity (Wildman–Crippen MR) is 36.1 cm³/mol. The van der Waals surface area contributed by atoms with Crippen molar-refractivity contribution in [3.63, 3.8) is 0 Å². The summed E-state index contributed by atoms with van der Waals surface area (Å²) in [7, 11) is 0. The minimum atomic E-state index is -5.12. The first kappa shape index (κ1) is 11.6. The summed E-state index contributed by atoms with van der Waals surface area (Å²) in [6.07, 6.45) is -5.12. The second-order valence-corrected chi connectivity index (χ2v) is 2.49. The molecule has 1 nitrogen and oxygen atoms in total. The van der Waals surface area contributed by atoms with Gasteiger partial charge in [0.25, 0.3) is 0 Å². The predicted octanol–water partition coefficient (Wildman–Crippen LogP) is 3.56. The number of halogens is 7. The first-order chi connectivity index (χ1) is 6.75. The Bertz CT molecular complexity index is 370. The average Bonchev–Trinajstić information content (AvgIpc) is 2.06. The molecule has 0 bridgehead atoms. The summed E-state index contributed by atoms with van der Waals surface area (Å²) in [4.78, 5) is 0. The van der Waals surface area contributed by atoms with E-state index in [2.05, 4.69) is 0 Å². The van der Waals surface area contributed by atoms with Gasteiger partial charge in [0.1, 0.15) is 5.69 Å². The zero-order valence-corrected chi connectivity index (χ0v) is 6.75. The highest BCUT2D eigenvalue weighted by atomic mass is 19.4. The first-order valence-corrected chi connectivity index (χ1v) is 3.42. The van der Waals surface area contributed by atoms with Crippen LogP contribution in [0.5, 0.6) is 0 Å². The zero-order chi connectivity index (χ0) is 11.8. The third kappa shape index (κ3) is 2.13. The van der Waals surface area contributed by atoms with E-state index in [0.717, 1.165) is 0 Å². The second kappa shape index (κ2) is 3.59. The van der Waals surface area contributed by atoms with E-state index in [9.17, 15) is 30.9 Å². The van der Waals surface area contributed by atoms with Gasteiger partial charge < -0.3 is 0 Å².